The van der Waals surface area contributed by atoms with Crippen LogP contribution < -0.4 is 4.90 Å². The summed E-state index contributed by atoms with van der Waals surface area (Å²) in [6.07, 6.45) is 1.82. The number of hydrogen-bond donors (Lipinski definition) is 0. The summed E-state index contributed by atoms with van der Waals surface area (Å²) in [6, 6.07) is 86.4. The molecular weight excluding hydrogens is 825 g/mol. The van der Waals surface area contributed by atoms with Crippen molar-refractivity contribution in [1.29, 1.82) is 0 Å². The van der Waals surface area contributed by atoms with Crippen LogP contribution in [-0.2, 0) is 0 Å². The van der Waals surface area contributed by atoms with Gasteiger partial charge in [0.2, 0.25) is 0 Å². The van der Waals surface area contributed by atoms with Gasteiger partial charge in [-0.3, -0.25) is 4.98 Å². The van der Waals surface area contributed by atoms with Crippen LogP contribution in [0.15, 0.2) is 247 Å². The number of rotatable bonds is 6. The third-order valence-electron chi connectivity index (χ3n) is 14.0. The fourth-order valence-electron chi connectivity index (χ4n) is 10.7. The predicted octanol–water partition coefficient (Wildman–Crippen LogP) is 18.4. The summed E-state index contributed by atoms with van der Waals surface area (Å²) in [7, 11) is 0. The molecule has 0 saturated carbocycles. The molecule has 14 rings (SSSR count). The topological polar surface area (TPSA) is 29.3 Å². The lowest BCUT2D eigenvalue weighted by Crippen LogP contribution is -2.10. The van der Waals surface area contributed by atoms with Gasteiger partial charge in [0.1, 0.15) is 11.1 Å². The van der Waals surface area contributed by atoms with Gasteiger partial charge in [0, 0.05) is 28.6 Å². The SMILES string of the molecule is c1ccc2c(-c3ccc4cc(N(c5ccc(-c6ccc7oc8cccnc8c7c6)cc5)c5ccc6cc(-c7c8ccccc8cc8ccccc78)ccc6c5)ccc4c3)c3ccccc3cc2c1. The lowest BCUT2D eigenvalue weighted by molar-refractivity contribution is 0.668. The molecule has 0 spiro atoms. The lowest BCUT2D eigenvalue weighted by Gasteiger charge is -2.26. The monoisotopic (exact) mass is 864 g/mol. The van der Waals surface area contributed by atoms with E-state index in [1.807, 2.05) is 18.3 Å². The van der Waals surface area contributed by atoms with Crippen molar-refractivity contribution < 1.29 is 4.42 Å². The number of aromatic nitrogens is 1. The second kappa shape index (κ2) is 15.3. The van der Waals surface area contributed by atoms with Gasteiger partial charge in [-0.1, -0.05) is 152 Å². The van der Waals surface area contributed by atoms with Crippen molar-refractivity contribution in [3.63, 3.8) is 0 Å². The van der Waals surface area contributed by atoms with Crippen LogP contribution in [0.25, 0.3) is 120 Å². The first kappa shape index (κ1) is 38.2. The van der Waals surface area contributed by atoms with Crippen molar-refractivity contribution >= 4 is 104 Å². The molecule has 2 aromatic heterocycles. The standard InChI is InChI=1S/C65H40N2O/c1-5-14-56-47(10-1)36-48-11-2-6-15-57(48)63(56)51-21-19-44-38-54(30-25-42(44)34-51)67(53-28-23-41(24-29-53)46-27-32-61-60(40-46)65-62(68-61)18-9-33-66-65)55-31-26-43-35-52(22-20-45(43)39-55)64-58-16-7-3-12-49(58)37-50-13-4-8-17-59(50)64/h1-40H. The number of anilines is 3. The molecule has 0 fully saturated rings. The van der Waals surface area contributed by atoms with Gasteiger partial charge in [0.15, 0.2) is 5.58 Å². The summed E-state index contributed by atoms with van der Waals surface area (Å²) in [6.45, 7) is 0. The fraction of sp³-hybridized carbons (Fsp3) is 0. The Balaban J connectivity index is 0.893. The van der Waals surface area contributed by atoms with E-state index in [9.17, 15) is 0 Å². The lowest BCUT2D eigenvalue weighted by atomic mass is 9.91. The van der Waals surface area contributed by atoms with Crippen LogP contribution in [0.1, 0.15) is 0 Å². The third kappa shape index (κ3) is 6.25. The molecule has 0 saturated heterocycles. The molecule has 0 unspecified atom stereocenters. The molecule has 68 heavy (non-hydrogen) atoms. The van der Waals surface area contributed by atoms with E-state index >= 15 is 0 Å². The molecule has 0 N–H and O–H groups in total. The molecule has 0 bridgehead atoms. The van der Waals surface area contributed by atoms with Gasteiger partial charge in [-0.15, -0.1) is 0 Å². The van der Waals surface area contributed by atoms with Gasteiger partial charge in [0.25, 0.3) is 0 Å². The van der Waals surface area contributed by atoms with E-state index in [0.29, 0.717) is 0 Å². The first-order valence-corrected chi connectivity index (χ1v) is 23.2. The van der Waals surface area contributed by atoms with E-state index in [4.69, 9.17) is 4.42 Å². The van der Waals surface area contributed by atoms with Gasteiger partial charge < -0.3 is 9.32 Å². The van der Waals surface area contributed by atoms with Gasteiger partial charge in [-0.2, -0.15) is 0 Å². The Labute approximate surface area is 392 Å². The highest BCUT2D eigenvalue weighted by molar-refractivity contribution is 6.15. The summed E-state index contributed by atoms with van der Waals surface area (Å²) < 4.78 is 6.11. The molecular formula is C65H40N2O. The Kier molecular flexibility index (Phi) is 8.59. The molecule has 3 heteroatoms. The summed E-state index contributed by atoms with van der Waals surface area (Å²) in [5, 5.41) is 15.8. The van der Waals surface area contributed by atoms with Crippen LogP contribution in [-0.4, -0.2) is 4.98 Å². The summed E-state index contributed by atoms with van der Waals surface area (Å²) >= 11 is 0. The maximum atomic E-state index is 6.11. The first-order valence-electron chi connectivity index (χ1n) is 23.2. The van der Waals surface area contributed by atoms with Gasteiger partial charge in [0.05, 0.1) is 0 Å². The molecule has 14 aromatic rings. The maximum Gasteiger partial charge on any atom is 0.153 e. The number of nitrogens with zero attached hydrogens (tertiary/aromatic N) is 2. The van der Waals surface area contributed by atoms with Crippen LogP contribution in [0.2, 0.25) is 0 Å². The number of furan rings is 1. The quantitative estimate of drug-likeness (QED) is 0.156. The highest BCUT2D eigenvalue weighted by Gasteiger charge is 2.18. The summed E-state index contributed by atoms with van der Waals surface area (Å²) in [4.78, 5) is 7.03. The van der Waals surface area contributed by atoms with Crippen LogP contribution in [0.5, 0.6) is 0 Å². The summed E-state index contributed by atoms with van der Waals surface area (Å²) in [5.41, 5.74) is 13.0. The van der Waals surface area contributed by atoms with E-state index in [1.54, 1.807) is 0 Å². The van der Waals surface area contributed by atoms with Crippen LogP contribution in [0.4, 0.5) is 17.1 Å². The van der Waals surface area contributed by atoms with Crippen molar-refractivity contribution in [2.24, 2.45) is 0 Å². The molecule has 0 radical (unpaired) electrons. The Hall–Kier alpha value is -9.05. The molecule has 0 amide bonds. The predicted molar refractivity (Wildman–Crippen MR) is 288 cm³/mol. The van der Waals surface area contributed by atoms with Crippen LogP contribution >= 0.6 is 0 Å². The van der Waals surface area contributed by atoms with E-state index in [1.165, 1.54) is 86.9 Å². The maximum absolute atomic E-state index is 6.11. The second-order valence-electron chi connectivity index (χ2n) is 17.9. The van der Waals surface area contributed by atoms with E-state index in [2.05, 4.69) is 234 Å². The van der Waals surface area contributed by atoms with Crippen molar-refractivity contribution in [1.82, 2.24) is 4.98 Å². The van der Waals surface area contributed by atoms with Gasteiger partial charge in [-0.25, -0.2) is 0 Å². The minimum absolute atomic E-state index is 0.799. The molecule has 0 aliphatic carbocycles. The van der Waals surface area contributed by atoms with E-state index in [-0.39, 0.29) is 0 Å². The van der Waals surface area contributed by atoms with Crippen molar-refractivity contribution in [2.45, 2.75) is 0 Å². The van der Waals surface area contributed by atoms with E-state index in [0.717, 1.165) is 50.3 Å². The minimum atomic E-state index is 0.799. The molecule has 12 aromatic carbocycles. The molecule has 2 heterocycles. The summed E-state index contributed by atoms with van der Waals surface area (Å²) in [5.74, 6) is 0. The number of fused-ring (bicyclic) bond motifs is 9. The fourth-order valence-corrected chi connectivity index (χ4v) is 10.7. The Bertz CT molecular complexity index is 4030. The first-order chi connectivity index (χ1) is 33.7. The normalized spacial score (nSPS) is 11.8. The highest BCUT2D eigenvalue weighted by Crippen LogP contribution is 2.43. The smallest absolute Gasteiger partial charge is 0.153 e. The zero-order valence-corrected chi connectivity index (χ0v) is 36.9. The average Bonchev–Trinajstić information content (AvgIpc) is 3.77. The molecule has 0 aliphatic heterocycles. The molecule has 3 nitrogen and oxygen atoms in total. The largest absolute Gasteiger partial charge is 0.454 e. The minimum Gasteiger partial charge on any atom is -0.454 e. The van der Waals surface area contributed by atoms with Crippen LogP contribution in [0.3, 0.4) is 0 Å². The zero-order chi connectivity index (χ0) is 44.7. The molecule has 0 aliphatic rings. The molecule has 0 atom stereocenters. The van der Waals surface area contributed by atoms with Gasteiger partial charge in [-0.05, 0) is 183 Å². The number of pyridine rings is 1. The Morgan fingerprint density at radius 1 is 0.279 bits per heavy atom. The second-order valence-corrected chi connectivity index (χ2v) is 17.9. The highest BCUT2D eigenvalue weighted by atomic mass is 16.3. The zero-order valence-electron chi connectivity index (χ0n) is 36.9. The average molecular weight is 865 g/mol. The Morgan fingerprint density at radius 3 is 1.25 bits per heavy atom. The van der Waals surface area contributed by atoms with E-state index < -0.39 is 0 Å². The van der Waals surface area contributed by atoms with Gasteiger partial charge >= 0.3 is 0 Å². The van der Waals surface area contributed by atoms with Crippen molar-refractivity contribution in [3.05, 3.63) is 243 Å². The number of hydrogen-bond acceptors (Lipinski definition) is 3. The van der Waals surface area contributed by atoms with Crippen molar-refractivity contribution in [3.8, 4) is 33.4 Å². The Morgan fingerprint density at radius 2 is 0.721 bits per heavy atom. The van der Waals surface area contributed by atoms with Crippen LogP contribution in [0, 0.1) is 0 Å². The third-order valence-corrected chi connectivity index (χ3v) is 14.0. The molecule has 316 valence electrons. The number of benzene rings is 12. The van der Waals surface area contributed by atoms with Crippen molar-refractivity contribution in [2.75, 3.05) is 4.90 Å².